The number of benzene rings is 1. The highest BCUT2D eigenvalue weighted by Gasteiger charge is 1.92. The summed E-state index contributed by atoms with van der Waals surface area (Å²) >= 11 is 0. The zero-order valence-electron chi connectivity index (χ0n) is 8.02. The first-order chi connectivity index (χ1) is 6.86. The maximum Gasteiger partial charge on any atom is 0.142 e. The largest absolute Gasteiger partial charge is 0.396 e. The molecule has 0 radical (unpaired) electrons. The Bertz CT molecular complexity index is 299. The van der Waals surface area contributed by atoms with Crippen LogP contribution in [0, 0.1) is 0 Å². The highest BCUT2D eigenvalue weighted by molar-refractivity contribution is 5.73. The van der Waals surface area contributed by atoms with Crippen molar-refractivity contribution >= 4 is 12.4 Å². The molecule has 14 heavy (non-hydrogen) atoms. The molecule has 0 bridgehead atoms. The van der Waals surface area contributed by atoms with Gasteiger partial charge in [-0.25, -0.2) is 0 Å². The summed E-state index contributed by atoms with van der Waals surface area (Å²) in [6.45, 7) is 0.229. The van der Waals surface area contributed by atoms with Crippen LogP contribution >= 0.6 is 0 Å². The molecule has 0 aliphatic rings. The number of hydrogen-bond donors (Lipinski definition) is 1. The number of hydrogen-bond acceptors (Lipinski definition) is 2. The number of aldehydes is 1. The predicted molar refractivity (Wildman–Crippen MR) is 56.9 cm³/mol. The van der Waals surface area contributed by atoms with Crippen LogP contribution in [-0.4, -0.2) is 18.0 Å². The molecular formula is C12H14O2. The van der Waals surface area contributed by atoms with Crippen molar-refractivity contribution in [2.24, 2.45) is 0 Å². The van der Waals surface area contributed by atoms with E-state index >= 15 is 0 Å². The fourth-order valence-electron chi connectivity index (χ4n) is 1.23. The molecule has 0 heterocycles. The summed E-state index contributed by atoms with van der Waals surface area (Å²) in [5.74, 6) is 0. The number of aryl methyl sites for hydroxylation is 1. The summed E-state index contributed by atoms with van der Waals surface area (Å²) < 4.78 is 0. The topological polar surface area (TPSA) is 37.3 Å². The van der Waals surface area contributed by atoms with Crippen LogP contribution in [0.15, 0.2) is 30.3 Å². The van der Waals surface area contributed by atoms with Crippen LogP contribution < -0.4 is 0 Å². The predicted octanol–water partition coefficient (Wildman–Crippen LogP) is 1.82. The molecule has 74 valence electrons. The standard InChI is InChI=1S/C12H14O2/c13-9-1-3-11-5-7-12(8-6-11)4-2-10-14/h1,3,5-9,14H,2,4,10H2. The number of rotatable bonds is 5. The summed E-state index contributed by atoms with van der Waals surface area (Å²) in [6, 6.07) is 7.96. The van der Waals surface area contributed by atoms with E-state index in [1.165, 1.54) is 11.6 Å². The Labute approximate surface area is 83.9 Å². The van der Waals surface area contributed by atoms with E-state index in [-0.39, 0.29) is 6.61 Å². The monoisotopic (exact) mass is 190 g/mol. The Morgan fingerprint density at radius 3 is 2.50 bits per heavy atom. The Kier molecular flexibility index (Phi) is 4.65. The third-order valence-electron chi connectivity index (χ3n) is 1.97. The lowest BCUT2D eigenvalue weighted by atomic mass is 10.1. The van der Waals surface area contributed by atoms with Gasteiger partial charge in [0, 0.05) is 6.61 Å². The van der Waals surface area contributed by atoms with Gasteiger partial charge in [-0.05, 0) is 30.0 Å². The first kappa shape index (κ1) is 10.7. The van der Waals surface area contributed by atoms with E-state index in [0.717, 1.165) is 24.7 Å². The number of carbonyl (C=O) groups is 1. The zero-order chi connectivity index (χ0) is 10.2. The van der Waals surface area contributed by atoms with E-state index < -0.39 is 0 Å². The van der Waals surface area contributed by atoms with Gasteiger partial charge in [0.1, 0.15) is 6.29 Å². The summed E-state index contributed by atoms with van der Waals surface area (Å²) in [5.41, 5.74) is 2.23. The molecule has 0 aliphatic carbocycles. The van der Waals surface area contributed by atoms with Crippen molar-refractivity contribution in [2.45, 2.75) is 12.8 Å². The highest BCUT2D eigenvalue weighted by atomic mass is 16.2. The summed E-state index contributed by atoms with van der Waals surface area (Å²) in [4.78, 5) is 10.1. The third kappa shape index (κ3) is 3.54. The lowest BCUT2D eigenvalue weighted by molar-refractivity contribution is -0.104. The second-order valence-electron chi connectivity index (χ2n) is 3.06. The number of aliphatic hydroxyl groups is 1. The van der Waals surface area contributed by atoms with E-state index in [2.05, 4.69) is 0 Å². The molecule has 0 amide bonds. The smallest absolute Gasteiger partial charge is 0.142 e. The fraction of sp³-hybridized carbons (Fsp3) is 0.250. The van der Waals surface area contributed by atoms with Crippen molar-refractivity contribution in [2.75, 3.05) is 6.61 Å². The second kappa shape index (κ2) is 6.11. The van der Waals surface area contributed by atoms with Crippen LogP contribution in [0.25, 0.3) is 6.08 Å². The van der Waals surface area contributed by atoms with E-state index in [0.29, 0.717) is 0 Å². The van der Waals surface area contributed by atoms with Crippen LogP contribution in [0.4, 0.5) is 0 Å². The first-order valence-corrected chi connectivity index (χ1v) is 4.68. The fourth-order valence-corrected chi connectivity index (χ4v) is 1.23. The molecule has 1 aromatic carbocycles. The summed E-state index contributed by atoms with van der Waals surface area (Å²) in [5, 5.41) is 8.65. The van der Waals surface area contributed by atoms with Gasteiger partial charge in [-0.3, -0.25) is 4.79 Å². The van der Waals surface area contributed by atoms with Crippen LogP contribution in [0.5, 0.6) is 0 Å². The van der Waals surface area contributed by atoms with Gasteiger partial charge in [-0.1, -0.05) is 30.3 Å². The summed E-state index contributed by atoms with van der Waals surface area (Å²) in [7, 11) is 0. The molecular weight excluding hydrogens is 176 g/mol. The van der Waals surface area contributed by atoms with Gasteiger partial charge in [0.15, 0.2) is 0 Å². The molecule has 0 unspecified atom stereocenters. The molecule has 0 aliphatic heterocycles. The number of carbonyl (C=O) groups excluding carboxylic acids is 1. The van der Waals surface area contributed by atoms with Gasteiger partial charge >= 0.3 is 0 Å². The van der Waals surface area contributed by atoms with Crippen LogP contribution in [0.1, 0.15) is 17.5 Å². The minimum Gasteiger partial charge on any atom is -0.396 e. The Balaban J connectivity index is 2.59. The first-order valence-electron chi connectivity index (χ1n) is 4.68. The number of aliphatic hydroxyl groups excluding tert-OH is 1. The molecule has 0 saturated heterocycles. The molecule has 0 saturated carbocycles. The van der Waals surface area contributed by atoms with Gasteiger partial charge in [-0.2, -0.15) is 0 Å². The van der Waals surface area contributed by atoms with Crippen molar-refractivity contribution < 1.29 is 9.90 Å². The maximum atomic E-state index is 10.1. The van der Waals surface area contributed by atoms with Crippen molar-refractivity contribution in [1.82, 2.24) is 0 Å². The molecule has 0 atom stereocenters. The Morgan fingerprint density at radius 1 is 1.21 bits per heavy atom. The average Bonchev–Trinajstić information content (AvgIpc) is 2.25. The summed E-state index contributed by atoms with van der Waals surface area (Å²) in [6.07, 6.45) is 5.70. The normalized spacial score (nSPS) is 10.6. The molecule has 1 aromatic rings. The van der Waals surface area contributed by atoms with Crippen LogP contribution in [0.3, 0.4) is 0 Å². The van der Waals surface area contributed by atoms with E-state index in [9.17, 15) is 4.79 Å². The van der Waals surface area contributed by atoms with Gasteiger partial charge in [0.2, 0.25) is 0 Å². The third-order valence-corrected chi connectivity index (χ3v) is 1.97. The molecule has 1 rings (SSSR count). The molecule has 2 heteroatoms. The number of allylic oxidation sites excluding steroid dienone is 1. The SMILES string of the molecule is O=CC=Cc1ccc(CCCO)cc1. The van der Waals surface area contributed by atoms with Crippen molar-refractivity contribution in [3.63, 3.8) is 0 Å². The second-order valence-corrected chi connectivity index (χ2v) is 3.06. The Morgan fingerprint density at radius 2 is 1.93 bits per heavy atom. The van der Waals surface area contributed by atoms with Gasteiger partial charge in [-0.15, -0.1) is 0 Å². The van der Waals surface area contributed by atoms with Gasteiger partial charge in [0.05, 0.1) is 0 Å². The minimum absolute atomic E-state index is 0.229. The average molecular weight is 190 g/mol. The maximum absolute atomic E-state index is 10.1. The van der Waals surface area contributed by atoms with E-state index in [1.807, 2.05) is 24.3 Å². The molecule has 2 nitrogen and oxygen atoms in total. The van der Waals surface area contributed by atoms with Crippen LogP contribution in [0.2, 0.25) is 0 Å². The Hall–Kier alpha value is -1.41. The van der Waals surface area contributed by atoms with Crippen LogP contribution in [-0.2, 0) is 11.2 Å². The quantitative estimate of drug-likeness (QED) is 0.568. The van der Waals surface area contributed by atoms with E-state index in [4.69, 9.17) is 5.11 Å². The van der Waals surface area contributed by atoms with Gasteiger partial charge in [0.25, 0.3) is 0 Å². The lowest BCUT2D eigenvalue weighted by Gasteiger charge is -1.99. The van der Waals surface area contributed by atoms with Crippen molar-refractivity contribution in [3.05, 3.63) is 41.5 Å². The van der Waals surface area contributed by atoms with Crippen molar-refractivity contribution in [3.8, 4) is 0 Å². The lowest BCUT2D eigenvalue weighted by Crippen LogP contribution is -1.88. The zero-order valence-corrected chi connectivity index (χ0v) is 8.02. The van der Waals surface area contributed by atoms with Gasteiger partial charge < -0.3 is 5.11 Å². The molecule has 0 spiro atoms. The molecule has 0 fully saturated rings. The van der Waals surface area contributed by atoms with E-state index in [1.54, 1.807) is 6.08 Å². The molecule has 1 N–H and O–H groups in total. The highest BCUT2D eigenvalue weighted by Crippen LogP contribution is 2.07. The molecule has 0 aromatic heterocycles. The van der Waals surface area contributed by atoms with Crippen molar-refractivity contribution in [1.29, 1.82) is 0 Å². The minimum atomic E-state index is 0.229.